The van der Waals surface area contributed by atoms with Crippen LogP contribution in [0.2, 0.25) is 0 Å². The zero-order chi connectivity index (χ0) is 16.4. The van der Waals surface area contributed by atoms with Gasteiger partial charge in [-0.1, -0.05) is 6.07 Å². The van der Waals surface area contributed by atoms with E-state index >= 15 is 0 Å². The van der Waals surface area contributed by atoms with Crippen LogP contribution in [0.1, 0.15) is 43.0 Å². The minimum Gasteiger partial charge on any atom is -0.396 e. The highest BCUT2D eigenvalue weighted by molar-refractivity contribution is 5.98. The molecular formula is C18H24N2O3. The average Bonchev–Trinajstić information content (AvgIpc) is 3.40. The number of hydrogen-bond acceptors (Lipinski definition) is 3. The lowest BCUT2D eigenvalue weighted by Gasteiger charge is -2.37. The van der Waals surface area contributed by atoms with E-state index in [0.29, 0.717) is 17.8 Å². The second-order valence-electron chi connectivity index (χ2n) is 6.78. The Morgan fingerprint density at radius 3 is 2.74 bits per heavy atom. The fraction of sp³-hybridized carbons (Fsp3) is 0.556. The SMILES string of the molecule is CC1CCC(CO)CN1C(=O)c1cccc(NC(=O)C2CC2)c1. The molecule has 1 aliphatic carbocycles. The summed E-state index contributed by atoms with van der Waals surface area (Å²) >= 11 is 0. The van der Waals surface area contributed by atoms with Crippen LogP contribution in [0.25, 0.3) is 0 Å². The number of nitrogens with one attached hydrogen (secondary N) is 1. The van der Waals surface area contributed by atoms with Crippen molar-refractivity contribution in [1.29, 1.82) is 0 Å². The van der Waals surface area contributed by atoms with Crippen LogP contribution in [0.4, 0.5) is 5.69 Å². The highest BCUT2D eigenvalue weighted by atomic mass is 16.3. The fourth-order valence-corrected chi connectivity index (χ4v) is 3.10. The molecule has 2 aliphatic rings. The van der Waals surface area contributed by atoms with Crippen molar-refractivity contribution >= 4 is 17.5 Å². The van der Waals surface area contributed by atoms with Crippen LogP contribution in [0, 0.1) is 11.8 Å². The molecule has 5 heteroatoms. The van der Waals surface area contributed by atoms with Crippen LogP contribution >= 0.6 is 0 Å². The minimum atomic E-state index is -0.0295. The van der Waals surface area contributed by atoms with Gasteiger partial charge in [0.05, 0.1) is 0 Å². The number of carbonyl (C=O) groups excluding carboxylic acids is 2. The van der Waals surface area contributed by atoms with Gasteiger partial charge in [-0.2, -0.15) is 0 Å². The first-order valence-electron chi connectivity index (χ1n) is 8.41. The van der Waals surface area contributed by atoms with Gasteiger partial charge < -0.3 is 15.3 Å². The zero-order valence-corrected chi connectivity index (χ0v) is 13.5. The summed E-state index contributed by atoms with van der Waals surface area (Å²) in [7, 11) is 0. The molecule has 124 valence electrons. The number of piperidine rings is 1. The lowest BCUT2D eigenvalue weighted by Crippen LogP contribution is -2.46. The fourth-order valence-electron chi connectivity index (χ4n) is 3.10. The van der Waals surface area contributed by atoms with Crippen LogP contribution in [0.15, 0.2) is 24.3 Å². The van der Waals surface area contributed by atoms with Crippen molar-refractivity contribution in [2.24, 2.45) is 11.8 Å². The van der Waals surface area contributed by atoms with Crippen molar-refractivity contribution in [2.75, 3.05) is 18.5 Å². The predicted octanol–water partition coefficient (Wildman–Crippen LogP) is 2.27. The number of hydrogen-bond donors (Lipinski definition) is 2. The number of nitrogens with zero attached hydrogens (tertiary/aromatic N) is 1. The van der Waals surface area contributed by atoms with Gasteiger partial charge in [0.25, 0.3) is 5.91 Å². The third-order valence-corrected chi connectivity index (χ3v) is 4.82. The largest absolute Gasteiger partial charge is 0.396 e. The predicted molar refractivity (Wildman–Crippen MR) is 88.1 cm³/mol. The molecule has 0 aromatic heterocycles. The Balaban J connectivity index is 1.72. The smallest absolute Gasteiger partial charge is 0.254 e. The number of aliphatic hydroxyl groups is 1. The number of aliphatic hydroxyl groups excluding tert-OH is 1. The van der Waals surface area contributed by atoms with Crippen molar-refractivity contribution in [2.45, 2.75) is 38.6 Å². The van der Waals surface area contributed by atoms with Gasteiger partial charge in [-0.05, 0) is 56.7 Å². The Bertz CT molecular complexity index is 598. The molecule has 2 atom stereocenters. The van der Waals surface area contributed by atoms with E-state index in [1.54, 1.807) is 18.2 Å². The summed E-state index contributed by atoms with van der Waals surface area (Å²) in [6.45, 7) is 2.76. The lowest BCUT2D eigenvalue weighted by atomic mass is 9.93. The third-order valence-electron chi connectivity index (χ3n) is 4.82. The molecule has 2 fully saturated rings. The van der Waals surface area contributed by atoms with E-state index in [1.165, 1.54) is 0 Å². The molecule has 1 aliphatic heterocycles. The van der Waals surface area contributed by atoms with Crippen LogP contribution in [-0.2, 0) is 4.79 Å². The molecule has 23 heavy (non-hydrogen) atoms. The van der Waals surface area contributed by atoms with E-state index in [4.69, 9.17) is 0 Å². The Morgan fingerprint density at radius 1 is 1.26 bits per heavy atom. The maximum absolute atomic E-state index is 12.8. The first kappa shape index (κ1) is 16.0. The van der Waals surface area contributed by atoms with Gasteiger partial charge in [0.1, 0.15) is 0 Å². The standard InChI is InChI=1S/C18H24N2O3/c1-12-5-6-13(11-21)10-20(12)18(23)15-3-2-4-16(9-15)19-17(22)14-7-8-14/h2-4,9,12-14,21H,5-8,10-11H2,1H3,(H,19,22). The van der Waals surface area contributed by atoms with Gasteiger partial charge in [-0.15, -0.1) is 0 Å². The molecule has 1 heterocycles. The van der Waals surface area contributed by atoms with Crippen molar-refractivity contribution in [3.63, 3.8) is 0 Å². The summed E-state index contributed by atoms with van der Waals surface area (Å²) in [6, 6.07) is 7.32. The monoisotopic (exact) mass is 316 g/mol. The number of rotatable bonds is 4. The average molecular weight is 316 g/mol. The molecule has 1 saturated heterocycles. The number of likely N-dealkylation sites (tertiary alicyclic amines) is 1. The van der Waals surface area contributed by atoms with Crippen LogP contribution in [-0.4, -0.2) is 41.0 Å². The van der Waals surface area contributed by atoms with Crippen LogP contribution in [0.5, 0.6) is 0 Å². The molecule has 1 aromatic rings. The van der Waals surface area contributed by atoms with Gasteiger partial charge in [-0.25, -0.2) is 0 Å². The first-order chi connectivity index (χ1) is 11.1. The highest BCUT2D eigenvalue weighted by Crippen LogP contribution is 2.30. The van der Waals surface area contributed by atoms with Crippen molar-refractivity contribution in [3.8, 4) is 0 Å². The summed E-state index contributed by atoms with van der Waals surface area (Å²) < 4.78 is 0. The number of carbonyl (C=O) groups is 2. The van der Waals surface area contributed by atoms with Gasteiger partial charge in [0, 0.05) is 36.4 Å². The summed E-state index contributed by atoms with van der Waals surface area (Å²) in [5.74, 6) is 0.314. The molecule has 1 saturated carbocycles. The Kier molecular flexibility index (Phi) is 4.66. The van der Waals surface area contributed by atoms with Gasteiger partial charge in [-0.3, -0.25) is 9.59 Å². The second kappa shape index (κ2) is 6.71. The number of benzene rings is 1. The summed E-state index contributed by atoms with van der Waals surface area (Å²) in [6.07, 6.45) is 3.78. The van der Waals surface area contributed by atoms with Crippen molar-refractivity contribution in [1.82, 2.24) is 4.90 Å². The molecule has 2 unspecified atom stereocenters. The molecule has 0 bridgehead atoms. The normalized spacial score (nSPS) is 24.3. The highest BCUT2D eigenvalue weighted by Gasteiger charge is 2.31. The van der Waals surface area contributed by atoms with E-state index in [1.807, 2.05) is 17.9 Å². The van der Waals surface area contributed by atoms with Crippen LogP contribution in [0.3, 0.4) is 0 Å². The topological polar surface area (TPSA) is 69.6 Å². The molecule has 3 rings (SSSR count). The third kappa shape index (κ3) is 3.72. The summed E-state index contributed by atoms with van der Waals surface area (Å²) in [4.78, 5) is 26.5. The molecule has 0 radical (unpaired) electrons. The summed E-state index contributed by atoms with van der Waals surface area (Å²) in [5.41, 5.74) is 1.26. The Labute approximate surface area is 136 Å². The molecule has 0 spiro atoms. The van der Waals surface area contributed by atoms with Gasteiger partial charge >= 0.3 is 0 Å². The molecule has 1 aromatic carbocycles. The second-order valence-corrected chi connectivity index (χ2v) is 6.78. The Hall–Kier alpha value is -1.88. The van der Waals surface area contributed by atoms with E-state index in [0.717, 1.165) is 25.7 Å². The van der Waals surface area contributed by atoms with Crippen LogP contribution < -0.4 is 5.32 Å². The summed E-state index contributed by atoms with van der Waals surface area (Å²) in [5, 5.41) is 12.2. The zero-order valence-electron chi connectivity index (χ0n) is 13.5. The molecule has 5 nitrogen and oxygen atoms in total. The van der Waals surface area contributed by atoms with E-state index < -0.39 is 0 Å². The Morgan fingerprint density at radius 2 is 2.04 bits per heavy atom. The van der Waals surface area contributed by atoms with E-state index in [-0.39, 0.29) is 36.3 Å². The quantitative estimate of drug-likeness (QED) is 0.895. The molecule has 2 amide bonds. The van der Waals surface area contributed by atoms with E-state index in [9.17, 15) is 14.7 Å². The van der Waals surface area contributed by atoms with E-state index in [2.05, 4.69) is 5.32 Å². The van der Waals surface area contributed by atoms with Crippen molar-refractivity contribution in [3.05, 3.63) is 29.8 Å². The molecular weight excluding hydrogens is 292 g/mol. The molecule has 2 N–H and O–H groups in total. The number of anilines is 1. The van der Waals surface area contributed by atoms with Crippen molar-refractivity contribution < 1.29 is 14.7 Å². The number of amides is 2. The first-order valence-corrected chi connectivity index (χ1v) is 8.41. The lowest BCUT2D eigenvalue weighted by molar-refractivity contribution is -0.117. The minimum absolute atomic E-state index is 0.0295. The van der Waals surface area contributed by atoms with Gasteiger partial charge in [0.2, 0.25) is 5.91 Å². The van der Waals surface area contributed by atoms with Gasteiger partial charge in [0.15, 0.2) is 0 Å². The maximum atomic E-state index is 12.8. The maximum Gasteiger partial charge on any atom is 0.254 e.